The molecule has 7 heteroatoms. The Morgan fingerprint density at radius 3 is 2.69 bits per heavy atom. The molecule has 2 heterocycles. The molecule has 0 atom stereocenters. The number of fused-ring (bicyclic) bond motifs is 1. The molecule has 4 aromatic rings. The van der Waals surface area contributed by atoms with E-state index in [1.165, 1.54) is 10.9 Å². The number of nitrogens with one attached hydrogen (secondary N) is 2. The quantitative estimate of drug-likeness (QED) is 0.498. The first-order valence-electron chi connectivity index (χ1n) is 9.28. The number of nitrogens with zero attached hydrogens (tertiary/aromatic N) is 2. The molecule has 7 nitrogen and oxygen atoms in total. The summed E-state index contributed by atoms with van der Waals surface area (Å²) < 4.78 is 1.52. The van der Waals surface area contributed by atoms with Gasteiger partial charge < -0.3 is 15.4 Å². The minimum Gasteiger partial charge on any atom is -0.506 e. The van der Waals surface area contributed by atoms with Crippen LogP contribution in [0.1, 0.15) is 28.4 Å². The van der Waals surface area contributed by atoms with E-state index in [1.807, 2.05) is 56.3 Å². The van der Waals surface area contributed by atoms with Crippen molar-refractivity contribution in [2.24, 2.45) is 0 Å². The highest BCUT2D eigenvalue weighted by molar-refractivity contribution is 6.08. The second-order valence-electron chi connectivity index (χ2n) is 6.84. The molecule has 0 aliphatic carbocycles. The van der Waals surface area contributed by atoms with Crippen LogP contribution < -0.4 is 10.9 Å². The number of aromatic amines is 1. The molecule has 3 N–H and O–H groups in total. The molecule has 146 valence electrons. The number of hydrogen-bond acceptors (Lipinski definition) is 4. The standard InChI is InChI=1S/C22H20N4O3/c1-3-14-5-4-6-15(11-14)24-21(28)18-19(27)17-12-23-26(20(17)25-22(18)29)16-9-7-13(2)8-10-16/h4-12H,3H2,1-2H3,(H,24,28)(H2,25,27,29). The van der Waals surface area contributed by atoms with E-state index in [0.717, 1.165) is 23.2 Å². The average Bonchev–Trinajstić information content (AvgIpc) is 3.12. The summed E-state index contributed by atoms with van der Waals surface area (Å²) in [5.74, 6) is -1.08. The number of carbonyl (C=O) groups is 1. The molecule has 0 saturated carbocycles. The molecule has 2 aromatic heterocycles. The van der Waals surface area contributed by atoms with Gasteiger partial charge in [-0.15, -0.1) is 0 Å². The number of amides is 1. The van der Waals surface area contributed by atoms with Crippen molar-refractivity contribution in [3.05, 3.63) is 81.8 Å². The molecule has 0 aliphatic heterocycles. The average molecular weight is 388 g/mol. The Morgan fingerprint density at radius 2 is 1.97 bits per heavy atom. The minimum atomic E-state index is -0.687. The minimum absolute atomic E-state index is 0.289. The van der Waals surface area contributed by atoms with E-state index in [4.69, 9.17) is 0 Å². The number of aryl methyl sites for hydroxylation is 2. The fourth-order valence-electron chi connectivity index (χ4n) is 3.21. The topological polar surface area (TPSA) is 100 Å². The van der Waals surface area contributed by atoms with Crippen molar-refractivity contribution in [2.75, 3.05) is 5.32 Å². The first-order valence-corrected chi connectivity index (χ1v) is 9.28. The normalized spacial score (nSPS) is 11.0. The maximum atomic E-state index is 12.7. The largest absolute Gasteiger partial charge is 0.506 e. The van der Waals surface area contributed by atoms with Crippen molar-refractivity contribution in [1.82, 2.24) is 14.8 Å². The van der Waals surface area contributed by atoms with Gasteiger partial charge in [-0.2, -0.15) is 5.10 Å². The lowest BCUT2D eigenvalue weighted by atomic mass is 10.1. The molecular formula is C22H20N4O3. The zero-order valence-corrected chi connectivity index (χ0v) is 16.1. The van der Waals surface area contributed by atoms with Crippen molar-refractivity contribution in [1.29, 1.82) is 0 Å². The fraction of sp³-hybridized carbons (Fsp3) is 0.136. The Labute approximate surface area is 166 Å². The van der Waals surface area contributed by atoms with E-state index in [0.29, 0.717) is 11.3 Å². The number of rotatable bonds is 4. The molecule has 0 unspecified atom stereocenters. The highest BCUT2D eigenvalue weighted by atomic mass is 16.3. The smallest absolute Gasteiger partial charge is 0.266 e. The van der Waals surface area contributed by atoms with Crippen LogP contribution in [-0.4, -0.2) is 25.8 Å². The predicted molar refractivity (Wildman–Crippen MR) is 112 cm³/mol. The maximum absolute atomic E-state index is 12.7. The summed E-state index contributed by atoms with van der Waals surface area (Å²) in [6.07, 6.45) is 2.24. The van der Waals surface area contributed by atoms with E-state index >= 15 is 0 Å². The summed E-state index contributed by atoms with van der Waals surface area (Å²) in [4.78, 5) is 28.0. The zero-order chi connectivity index (χ0) is 20.5. The number of benzene rings is 2. The molecule has 2 aromatic carbocycles. The van der Waals surface area contributed by atoms with E-state index in [2.05, 4.69) is 15.4 Å². The Hall–Kier alpha value is -3.87. The summed E-state index contributed by atoms with van der Waals surface area (Å²) in [6.45, 7) is 3.98. The Morgan fingerprint density at radius 1 is 1.21 bits per heavy atom. The lowest BCUT2D eigenvalue weighted by molar-refractivity contribution is 0.102. The number of anilines is 1. The van der Waals surface area contributed by atoms with Crippen LogP contribution in [0, 0.1) is 6.92 Å². The van der Waals surface area contributed by atoms with Crippen molar-refractivity contribution in [3.63, 3.8) is 0 Å². The monoisotopic (exact) mass is 388 g/mol. The summed E-state index contributed by atoms with van der Waals surface area (Å²) in [5, 5.41) is 17.9. The number of pyridine rings is 1. The molecule has 0 radical (unpaired) electrons. The number of hydrogen-bond donors (Lipinski definition) is 3. The van der Waals surface area contributed by atoms with Crippen LogP contribution in [0.2, 0.25) is 0 Å². The molecule has 29 heavy (non-hydrogen) atoms. The van der Waals surface area contributed by atoms with Crippen molar-refractivity contribution in [2.45, 2.75) is 20.3 Å². The molecule has 1 amide bonds. The first kappa shape index (κ1) is 18.5. The number of aromatic nitrogens is 3. The van der Waals surface area contributed by atoms with Gasteiger partial charge in [-0.1, -0.05) is 36.8 Å². The summed E-state index contributed by atoms with van der Waals surface area (Å²) in [6, 6.07) is 14.9. The molecule has 0 spiro atoms. The highest BCUT2D eigenvalue weighted by Gasteiger charge is 2.22. The highest BCUT2D eigenvalue weighted by Crippen LogP contribution is 2.27. The van der Waals surface area contributed by atoms with E-state index in [-0.39, 0.29) is 10.9 Å². The molecule has 0 saturated heterocycles. The number of carbonyl (C=O) groups excluding carboxylic acids is 1. The van der Waals surface area contributed by atoms with Gasteiger partial charge in [0.05, 0.1) is 17.3 Å². The van der Waals surface area contributed by atoms with Crippen molar-refractivity contribution in [3.8, 4) is 11.4 Å². The van der Waals surface area contributed by atoms with Gasteiger partial charge in [-0.05, 0) is 43.2 Å². The van der Waals surface area contributed by atoms with Gasteiger partial charge in [0.25, 0.3) is 11.5 Å². The van der Waals surface area contributed by atoms with Gasteiger partial charge in [0.1, 0.15) is 17.0 Å². The number of aromatic hydroxyl groups is 1. The van der Waals surface area contributed by atoms with Gasteiger partial charge in [0.2, 0.25) is 0 Å². The van der Waals surface area contributed by atoms with Gasteiger partial charge in [0, 0.05) is 5.69 Å². The third kappa shape index (κ3) is 3.38. The summed E-state index contributed by atoms with van der Waals surface area (Å²) in [7, 11) is 0. The third-order valence-corrected chi connectivity index (χ3v) is 4.82. The van der Waals surface area contributed by atoms with Crippen LogP contribution in [0.3, 0.4) is 0 Å². The zero-order valence-electron chi connectivity index (χ0n) is 16.1. The molecule has 0 aliphatic rings. The van der Waals surface area contributed by atoms with E-state index in [9.17, 15) is 14.7 Å². The van der Waals surface area contributed by atoms with Gasteiger partial charge in [-0.25, -0.2) is 4.68 Å². The molecule has 0 bridgehead atoms. The second-order valence-corrected chi connectivity index (χ2v) is 6.84. The molecule has 4 rings (SSSR count). The van der Waals surface area contributed by atoms with Crippen LogP contribution in [-0.2, 0) is 6.42 Å². The maximum Gasteiger partial charge on any atom is 0.266 e. The summed E-state index contributed by atoms with van der Waals surface area (Å²) >= 11 is 0. The van der Waals surface area contributed by atoms with Crippen LogP contribution in [0.5, 0.6) is 5.75 Å². The van der Waals surface area contributed by atoms with Crippen LogP contribution in [0.4, 0.5) is 5.69 Å². The third-order valence-electron chi connectivity index (χ3n) is 4.82. The molecular weight excluding hydrogens is 368 g/mol. The van der Waals surface area contributed by atoms with E-state index < -0.39 is 17.2 Å². The predicted octanol–water partition coefficient (Wildman–Crippen LogP) is 3.54. The van der Waals surface area contributed by atoms with Crippen LogP contribution in [0.25, 0.3) is 16.7 Å². The Bertz CT molecular complexity index is 1270. The lowest BCUT2D eigenvalue weighted by Gasteiger charge is -2.09. The van der Waals surface area contributed by atoms with Crippen molar-refractivity contribution < 1.29 is 9.90 Å². The van der Waals surface area contributed by atoms with Crippen LogP contribution >= 0.6 is 0 Å². The lowest BCUT2D eigenvalue weighted by Crippen LogP contribution is -2.23. The van der Waals surface area contributed by atoms with Gasteiger partial charge in [-0.3, -0.25) is 9.59 Å². The SMILES string of the molecule is CCc1cccc(NC(=O)c2c(O)c3cnn(-c4ccc(C)cc4)c3[nH]c2=O)c1. The van der Waals surface area contributed by atoms with E-state index in [1.54, 1.807) is 6.07 Å². The van der Waals surface area contributed by atoms with Gasteiger partial charge >= 0.3 is 0 Å². The molecule has 0 fully saturated rings. The van der Waals surface area contributed by atoms with Gasteiger partial charge in [0.15, 0.2) is 0 Å². The van der Waals surface area contributed by atoms with Crippen molar-refractivity contribution >= 4 is 22.6 Å². The summed E-state index contributed by atoms with van der Waals surface area (Å²) in [5.41, 5.74) is 2.72. The Balaban J connectivity index is 1.75. The number of H-pyrrole nitrogens is 1. The Kier molecular flexibility index (Phi) is 4.64. The fourth-order valence-corrected chi connectivity index (χ4v) is 3.21. The second kappa shape index (κ2) is 7.27. The first-order chi connectivity index (χ1) is 14.0. The van der Waals surface area contributed by atoms with Crippen LogP contribution in [0.15, 0.2) is 59.5 Å².